The molecule has 2 fully saturated rings. The van der Waals surface area contributed by atoms with E-state index in [0.29, 0.717) is 24.9 Å². The van der Waals surface area contributed by atoms with E-state index in [1.807, 2.05) is 30.3 Å². The van der Waals surface area contributed by atoms with Crippen molar-refractivity contribution in [1.29, 1.82) is 0 Å². The van der Waals surface area contributed by atoms with Crippen molar-refractivity contribution in [2.24, 2.45) is 0 Å². The summed E-state index contributed by atoms with van der Waals surface area (Å²) in [6, 6.07) is 9.78. The minimum absolute atomic E-state index is 0.210. The van der Waals surface area contributed by atoms with E-state index < -0.39 is 0 Å². The number of carbonyl (C=O) groups excluding carboxylic acids is 1. The smallest absolute Gasteiger partial charge is 0.410 e. The summed E-state index contributed by atoms with van der Waals surface area (Å²) in [5.41, 5.74) is 0.599. The van der Waals surface area contributed by atoms with Crippen LogP contribution in [0, 0.1) is 0 Å². The Labute approximate surface area is 146 Å². The molecular formula is C18H22N4O3. The third-order valence-corrected chi connectivity index (χ3v) is 4.98. The van der Waals surface area contributed by atoms with Gasteiger partial charge < -0.3 is 14.1 Å². The number of carbonyl (C=O) groups is 1. The van der Waals surface area contributed by atoms with E-state index in [1.54, 1.807) is 11.9 Å². The maximum Gasteiger partial charge on any atom is 0.410 e. The predicted molar refractivity (Wildman–Crippen MR) is 90.7 cm³/mol. The summed E-state index contributed by atoms with van der Waals surface area (Å²) < 4.78 is 11.5. The molecule has 2 aliphatic heterocycles. The highest BCUT2D eigenvalue weighted by Gasteiger charge is 2.44. The minimum atomic E-state index is -0.329. The third-order valence-electron chi connectivity index (χ3n) is 4.98. The van der Waals surface area contributed by atoms with Crippen LogP contribution in [0.1, 0.15) is 25.2 Å². The van der Waals surface area contributed by atoms with E-state index in [9.17, 15) is 4.79 Å². The fourth-order valence-electron chi connectivity index (χ4n) is 3.64. The zero-order valence-electron chi connectivity index (χ0n) is 14.4. The van der Waals surface area contributed by atoms with Gasteiger partial charge in [0.15, 0.2) is 0 Å². The Balaban J connectivity index is 1.39. The van der Waals surface area contributed by atoms with E-state index in [4.69, 9.17) is 9.15 Å². The lowest BCUT2D eigenvalue weighted by Crippen LogP contribution is -2.35. The number of rotatable bonds is 3. The second-order valence-electron chi connectivity index (χ2n) is 6.90. The molecule has 0 unspecified atom stereocenters. The Morgan fingerprint density at radius 3 is 2.76 bits per heavy atom. The van der Waals surface area contributed by atoms with Crippen LogP contribution in [-0.4, -0.2) is 58.4 Å². The largest absolute Gasteiger partial charge is 0.441 e. The lowest BCUT2D eigenvalue weighted by Gasteiger charge is -2.25. The molecular weight excluding hydrogens is 320 g/mol. The van der Waals surface area contributed by atoms with Crippen molar-refractivity contribution >= 4 is 6.09 Å². The Morgan fingerprint density at radius 1 is 1.16 bits per heavy atom. The van der Waals surface area contributed by atoms with Crippen LogP contribution in [0.15, 0.2) is 34.7 Å². The molecule has 0 N–H and O–H groups in total. The average molecular weight is 342 g/mol. The summed E-state index contributed by atoms with van der Waals surface area (Å²) >= 11 is 0. The number of likely N-dealkylation sites (tertiary alicyclic amines) is 1. The van der Waals surface area contributed by atoms with Gasteiger partial charge in [0.25, 0.3) is 0 Å². The van der Waals surface area contributed by atoms with Gasteiger partial charge in [-0.25, -0.2) is 4.79 Å². The molecule has 0 radical (unpaired) electrons. The first-order chi connectivity index (χ1) is 12.1. The van der Waals surface area contributed by atoms with Crippen molar-refractivity contribution < 1.29 is 13.9 Å². The zero-order valence-corrected chi connectivity index (χ0v) is 14.4. The van der Waals surface area contributed by atoms with Crippen LogP contribution < -0.4 is 0 Å². The SMILES string of the molecule is CN1C[C@@]2(CCCN(Cc3nnc(-c4ccccc4)o3)CC2)OC1=O. The molecule has 4 rings (SSSR count). The first-order valence-electron chi connectivity index (χ1n) is 8.68. The van der Waals surface area contributed by atoms with Gasteiger partial charge in [-0.15, -0.1) is 10.2 Å². The van der Waals surface area contributed by atoms with Gasteiger partial charge in [-0.2, -0.15) is 0 Å². The lowest BCUT2D eigenvalue weighted by molar-refractivity contribution is 0.0440. The van der Waals surface area contributed by atoms with Gasteiger partial charge in [-0.3, -0.25) is 4.90 Å². The quantitative estimate of drug-likeness (QED) is 0.854. The molecule has 1 atom stereocenters. The Hall–Kier alpha value is -2.41. The maximum absolute atomic E-state index is 11.7. The highest BCUT2D eigenvalue weighted by Crippen LogP contribution is 2.32. The molecule has 3 heterocycles. The molecule has 2 aliphatic rings. The number of amides is 1. The number of nitrogens with zero attached hydrogens (tertiary/aromatic N) is 4. The number of likely N-dealkylation sites (N-methyl/N-ethyl adjacent to an activating group) is 1. The molecule has 1 spiro atoms. The molecule has 1 amide bonds. The molecule has 2 saturated heterocycles. The van der Waals surface area contributed by atoms with E-state index in [2.05, 4.69) is 15.1 Å². The second kappa shape index (κ2) is 6.48. The number of ether oxygens (including phenoxy) is 1. The van der Waals surface area contributed by atoms with Crippen LogP contribution in [0.5, 0.6) is 0 Å². The topological polar surface area (TPSA) is 71.7 Å². The van der Waals surface area contributed by atoms with Crippen molar-refractivity contribution in [2.75, 3.05) is 26.7 Å². The van der Waals surface area contributed by atoms with Crippen LogP contribution in [0.2, 0.25) is 0 Å². The molecule has 0 aliphatic carbocycles. The lowest BCUT2D eigenvalue weighted by atomic mass is 9.95. The Bertz CT molecular complexity index is 748. The van der Waals surface area contributed by atoms with Gasteiger partial charge in [0, 0.05) is 25.6 Å². The Morgan fingerprint density at radius 2 is 2.00 bits per heavy atom. The van der Waals surface area contributed by atoms with Crippen molar-refractivity contribution in [2.45, 2.75) is 31.4 Å². The maximum atomic E-state index is 11.7. The summed E-state index contributed by atoms with van der Waals surface area (Å²) in [4.78, 5) is 15.7. The fraction of sp³-hybridized carbons (Fsp3) is 0.500. The van der Waals surface area contributed by atoms with Crippen LogP contribution in [0.25, 0.3) is 11.5 Å². The number of benzene rings is 1. The monoisotopic (exact) mass is 342 g/mol. The van der Waals surface area contributed by atoms with Crippen LogP contribution >= 0.6 is 0 Å². The zero-order chi connectivity index (χ0) is 17.3. The van der Waals surface area contributed by atoms with Gasteiger partial charge in [0.05, 0.1) is 13.1 Å². The first kappa shape index (κ1) is 16.1. The molecule has 2 aromatic rings. The molecule has 1 aromatic heterocycles. The van der Waals surface area contributed by atoms with E-state index in [1.165, 1.54) is 0 Å². The summed E-state index contributed by atoms with van der Waals surface area (Å²) in [7, 11) is 1.79. The highest BCUT2D eigenvalue weighted by atomic mass is 16.6. The second-order valence-corrected chi connectivity index (χ2v) is 6.90. The number of hydrogen-bond donors (Lipinski definition) is 0. The van der Waals surface area contributed by atoms with Crippen molar-refractivity contribution in [3.8, 4) is 11.5 Å². The summed E-state index contributed by atoms with van der Waals surface area (Å²) in [6.45, 7) is 3.09. The minimum Gasteiger partial charge on any atom is -0.441 e. The molecule has 7 nitrogen and oxygen atoms in total. The molecule has 0 saturated carbocycles. The third kappa shape index (κ3) is 3.37. The van der Waals surface area contributed by atoms with E-state index in [-0.39, 0.29) is 11.7 Å². The van der Waals surface area contributed by atoms with E-state index in [0.717, 1.165) is 37.9 Å². The van der Waals surface area contributed by atoms with Crippen molar-refractivity contribution in [1.82, 2.24) is 20.0 Å². The van der Waals surface area contributed by atoms with Gasteiger partial charge in [-0.1, -0.05) is 18.2 Å². The molecule has 7 heteroatoms. The van der Waals surface area contributed by atoms with Crippen LogP contribution in [0.4, 0.5) is 4.79 Å². The molecule has 1 aromatic carbocycles. The van der Waals surface area contributed by atoms with Crippen LogP contribution in [-0.2, 0) is 11.3 Å². The number of hydrogen-bond acceptors (Lipinski definition) is 6. The van der Waals surface area contributed by atoms with Crippen molar-refractivity contribution in [3.05, 3.63) is 36.2 Å². The summed E-state index contributed by atoms with van der Waals surface area (Å²) in [5, 5.41) is 8.33. The van der Waals surface area contributed by atoms with Gasteiger partial charge in [0.1, 0.15) is 5.60 Å². The fourth-order valence-corrected chi connectivity index (χ4v) is 3.64. The highest BCUT2D eigenvalue weighted by molar-refractivity contribution is 5.70. The van der Waals surface area contributed by atoms with Crippen molar-refractivity contribution in [3.63, 3.8) is 0 Å². The van der Waals surface area contributed by atoms with Gasteiger partial charge in [-0.05, 0) is 31.5 Å². The molecule has 0 bridgehead atoms. The van der Waals surface area contributed by atoms with Gasteiger partial charge in [0.2, 0.25) is 11.8 Å². The molecule has 25 heavy (non-hydrogen) atoms. The van der Waals surface area contributed by atoms with Gasteiger partial charge >= 0.3 is 6.09 Å². The normalized spacial score (nSPS) is 24.5. The van der Waals surface area contributed by atoms with E-state index >= 15 is 0 Å². The summed E-state index contributed by atoms with van der Waals surface area (Å²) in [5.74, 6) is 1.17. The Kier molecular flexibility index (Phi) is 4.17. The van der Waals surface area contributed by atoms with Crippen LogP contribution in [0.3, 0.4) is 0 Å². The number of aromatic nitrogens is 2. The average Bonchev–Trinajstić information content (AvgIpc) is 3.12. The molecule has 132 valence electrons. The standard InChI is InChI=1S/C18H22N4O3/c1-21-13-18(25-17(21)23)8-5-10-22(11-9-18)12-15-19-20-16(24-15)14-6-3-2-4-7-14/h2-4,6-7H,5,8-13H2,1H3/t18-/m0/s1. The predicted octanol–water partition coefficient (Wildman–Crippen LogP) is 2.54. The first-order valence-corrected chi connectivity index (χ1v) is 8.68. The summed E-state index contributed by atoms with van der Waals surface area (Å²) in [6.07, 6.45) is 2.51.